The Balaban J connectivity index is 1.39. The summed E-state index contributed by atoms with van der Waals surface area (Å²) in [6.07, 6.45) is 2.63. The van der Waals surface area contributed by atoms with E-state index in [2.05, 4.69) is 46.6 Å². The van der Waals surface area contributed by atoms with Crippen LogP contribution in [0.3, 0.4) is 0 Å². The van der Waals surface area contributed by atoms with Crippen LogP contribution in [0.2, 0.25) is 0 Å². The van der Waals surface area contributed by atoms with Gasteiger partial charge in [-0.3, -0.25) is 9.69 Å². The van der Waals surface area contributed by atoms with Gasteiger partial charge in [0, 0.05) is 18.8 Å². The third kappa shape index (κ3) is 6.22. The van der Waals surface area contributed by atoms with Gasteiger partial charge in [0.15, 0.2) is 0 Å². The van der Waals surface area contributed by atoms with Gasteiger partial charge in [-0.15, -0.1) is 11.8 Å². The standard InChI is InChI=1S/C21H26N2OS/c24-21(17-25-16-18-7-2-1-3-8-18)22-14-19-9-6-10-20(13-19)15-23-11-4-5-12-23/h1-3,6-10,13H,4-5,11-12,14-17H2,(H,22,24). The minimum absolute atomic E-state index is 0.103. The lowest BCUT2D eigenvalue weighted by Gasteiger charge is -2.15. The molecule has 2 aromatic rings. The van der Waals surface area contributed by atoms with Gasteiger partial charge in [0.25, 0.3) is 0 Å². The average Bonchev–Trinajstić information content (AvgIpc) is 3.14. The van der Waals surface area contributed by atoms with Crippen LogP contribution in [0.15, 0.2) is 54.6 Å². The zero-order valence-electron chi connectivity index (χ0n) is 14.6. The van der Waals surface area contributed by atoms with Crippen molar-refractivity contribution in [3.05, 3.63) is 71.3 Å². The first-order valence-electron chi connectivity index (χ1n) is 8.98. The number of likely N-dealkylation sites (tertiary alicyclic amines) is 1. The molecular weight excluding hydrogens is 328 g/mol. The molecule has 0 bridgehead atoms. The molecule has 1 heterocycles. The van der Waals surface area contributed by atoms with E-state index in [0.717, 1.165) is 12.3 Å². The predicted octanol–water partition coefficient (Wildman–Crippen LogP) is 3.83. The van der Waals surface area contributed by atoms with Gasteiger partial charge in [-0.05, 0) is 42.6 Å². The third-order valence-electron chi connectivity index (χ3n) is 4.43. The SMILES string of the molecule is O=C(CSCc1ccccc1)NCc1cccc(CN2CCCC2)c1. The van der Waals surface area contributed by atoms with Gasteiger partial charge in [0.2, 0.25) is 5.91 Å². The molecule has 132 valence electrons. The second kappa shape index (κ2) is 9.64. The van der Waals surface area contributed by atoms with E-state index in [9.17, 15) is 4.79 Å². The second-order valence-electron chi connectivity index (χ2n) is 6.56. The molecule has 2 aromatic carbocycles. The van der Waals surface area contributed by atoms with Crippen molar-refractivity contribution in [1.82, 2.24) is 10.2 Å². The number of hydrogen-bond donors (Lipinski definition) is 1. The first-order valence-corrected chi connectivity index (χ1v) is 10.1. The molecule has 1 fully saturated rings. The van der Waals surface area contributed by atoms with Gasteiger partial charge in [-0.1, -0.05) is 54.6 Å². The van der Waals surface area contributed by atoms with Crippen molar-refractivity contribution < 1.29 is 4.79 Å². The maximum absolute atomic E-state index is 12.0. The molecule has 25 heavy (non-hydrogen) atoms. The molecule has 0 atom stereocenters. The quantitative estimate of drug-likeness (QED) is 0.782. The molecule has 1 aliphatic rings. The molecule has 0 saturated carbocycles. The first kappa shape index (κ1) is 18.0. The van der Waals surface area contributed by atoms with E-state index in [-0.39, 0.29) is 5.91 Å². The fraction of sp³-hybridized carbons (Fsp3) is 0.381. The number of benzene rings is 2. The average molecular weight is 355 g/mol. The fourth-order valence-corrected chi connectivity index (χ4v) is 3.94. The minimum Gasteiger partial charge on any atom is -0.351 e. The number of rotatable bonds is 8. The summed E-state index contributed by atoms with van der Waals surface area (Å²) >= 11 is 1.66. The van der Waals surface area contributed by atoms with Crippen molar-refractivity contribution in [2.45, 2.75) is 31.7 Å². The molecule has 0 spiro atoms. The van der Waals surface area contributed by atoms with Gasteiger partial charge in [-0.2, -0.15) is 0 Å². The molecule has 1 amide bonds. The smallest absolute Gasteiger partial charge is 0.230 e. The van der Waals surface area contributed by atoms with Crippen LogP contribution in [0.25, 0.3) is 0 Å². The van der Waals surface area contributed by atoms with E-state index < -0.39 is 0 Å². The molecule has 4 heteroatoms. The molecule has 1 N–H and O–H groups in total. The normalized spacial score (nSPS) is 14.6. The maximum atomic E-state index is 12.0. The molecule has 0 unspecified atom stereocenters. The van der Waals surface area contributed by atoms with Crippen molar-refractivity contribution in [3.8, 4) is 0 Å². The lowest BCUT2D eigenvalue weighted by atomic mass is 10.1. The highest BCUT2D eigenvalue weighted by molar-refractivity contribution is 7.99. The lowest BCUT2D eigenvalue weighted by molar-refractivity contribution is -0.118. The summed E-state index contributed by atoms with van der Waals surface area (Å²) < 4.78 is 0. The Hall–Kier alpha value is -1.78. The largest absolute Gasteiger partial charge is 0.351 e. The van der Waals surface area contributed by atoms with Gasteiger partial charge in [-0.25, -0.2) is 0 Å². The molecule has 3 rings (SSSR count). The Labute approximate surface area is 154 Å². The third-order valence-corrected chi connectivity index (χ3v) is 5.43. The topological polar surface area (TPSA) is 32.3 Å². The number of nitrogens with zero attached hydrogens (tertiary/aromatic N) is 1. The van der Waals surface area contributed by atoms with Crippen molar-refractivity contribution in [3.63, 3.8) is 0 Å². The Bertz CT molecular complexity index is 669. The molecule has 0 aliphatic carbocycles. The van der Waals surface area contributed by atoms with E-state index >= 15 is 0 Å². The second-order valence-corrected chi connectivity index (χ2v) is 7.54. The van der Waals surface area contributed by atoms with Crippen LogP contribution in [-0.2, 0) is 23.6 Å². The maximum Gasteiger partial charge on any atom is 0.230 e. The number of nitrogens with one attached hydrogen (secondary N) is 1. The van der Waals surface area contributed by atoms with E-state index in [1.807, 2.05) is 18.2 Å². The Morgan fingerprint density at radius 3 is 2.48 bits per heavy atom. The molecule has 0 aromatic heterocycles. The summed E-state index contributed by atoms with van der Waals surface area (Å²) in [7, 11) is 0. The summed E-state index contributed by atoms with van der Waals surface area (Å²) in [5.41, 5.74) is 3.78. The number of carbonyl (C=O) groups excluding carboxylic acids is 1. The highest BCUT2D eigenvalue weighted by Gasteiger charge is 2.11. The zero-order chi connectivity index (χ0) is 17.3. The number of hydrogen-bond acceptors (Lipinski definition) is 3. The van der Waals surface area contributed by atoms with Crippen LogP contribution in [0, 0.1) is 0 Å². The molecule has 0 radical (unpaired) electrons. The molecule has 1 aliphatic heterocycles. The van der Waals surface area contributed by atoms with Crippen molar-refractivity contribution >= 4 is 17.7 Å². The summed E-state index contributed by atoms with van der Waals surface area (Å²) in [6.45, 7) is 4.05. The van der Waals surface area contributed by atoms with Crippen LogP contribution in [0.5, 0.6) is 0 Å². The van der Waals surface area contributed by atoms with Gasteiger partial charge < -0.3 is 5.32 Å². The van der Waals surface area contributed by atoms with Crippen LogP contribution in [-0.4, -0.2) is 29.6 Å². The lowest BCUT2D eigenvalue weighted by Crippen LogP contribution is -2.24. The minimum atomic E-state index is 0.103. The van der Waals surface area contributed by atoms with Crippen molar-refractivity contribution in [1.29, 1.82) is 0 Å². The molecular formula is C21H26N2OS. The van der Waals surface area contributed by atoms with Gasteiger partial charge >= 0.3 is 0 Å². The zero-order valence-corrected chi connectivity index (χ0v) is 15.4. The van der Waals surface area contributed by atoms with E-state index in [4.69, 9.17) is 0 Å². The van der Waals surface area contributed by atoms with Crippen LogP contribution < -0.4 is 5.32 Å². The van der Waals surface area contributed by atoms with E-state index in [0.29, 0.717) is 12.3 Å². The highest BCUT2D eigenvalue weighted by atomic mass is 32.2. The van der Waals surface area contributed by atoms with Crippen LogP contribution in [0.1, 0.15) is 29.5 Å². The fourth-order valence-electron chi connectivity index (χ4n) is 3.12. The predicted molar refractivity (Wildman–Crippen MR) is 105 cm³/mol. The summed E-state index contributed by atoms with van der Waals surface area (Å²) in [5, 5.41) is 3.03. The van der Waals surface area contributed by atoms with E-state index in [1.165, 1.54) is 42.6 Å². The van der Waals surface area contributed by atoms with Gasteiger partial charge in [0.1, 0.15) is 0 Å². The number of amides is 1. The summed E-state index contributed by atoms with van der Waals surface area (Å²) in [5.74, 6) is 1.48. The number of thioether (sulfide) groups is 1. The highest BCUT2D eigenvalue weighted by Crippen LogP contribution is 2.14. The monoisotopic (exact) mass is 354 g/mol. The Morgan fingerprint density at radius 1 is 0.960 bits per heavy atom. The summed E-state index contributed by atoms with van der Waals surface area (Å²) in [4.78, 5) is 14.5. The van der Waals surface area contributed by atoms with Gasteiger partial charge in [0.05, 0.1) is 5.75 Å². The summed E-state index contributed by atoms with van der Waals surface area (Å²) in [6, 6.07) is 18.8. The van der Waals surface area contributed by atoms with E-state index in [1.54, 1.807) is 11.8 Å². The Morgan fingerprint density at radius 2 is 1.68 bits per heavy atom. The molecule has 1 saturated heterocycles. The number of carbonyl (C=O) groups is 1. The van der Waals surface area contributed by atoms with Crippen molar-refractivity contribution in [2.24, 2.45) is 0 Å². The van der Waals surface area contributed by atoms with Crippen molar-refractivity contribution in [2.75, 3.05) is 18.8 Å². The molecule has 3 nitrogen and oxygen atoms in total. The van der Waals surface area contributed by atoms with Crippen LogP contribution >= 0.6 is 11.8 Å². The van der Waals surface area contributed by atoms with Crippen LogP contribution in [0.4, 0.5) is 0 Å². The Kier molecular flexibility index (Phi) is 6.95. The first-order chi connectivity index (χ1) is 12.3.